The summed E-state index contributed by atoms with van der Waals surface area (Å²) in [4.78, 5) is 25.5. The highest BCUT2D eigenvalue weighted by Gasteiger charge is 2.48. The minimum Gasteiger partial charge on any atom is -0.331 e. The molecule has 0 bridgehead atoms. The lowest BCUT2D eigenvalue weighted by molar-refractivity contribution is -0.145. The number of carbonyl (C=O) groups excluding carboxylic acids is 2. The number of hydrogen-bond donors (Lipinski definition) is 2. The van der Waals surface area contributed by atoms with Gasteiger partial charge >= 0.3 is 0 Å². The van der Waals surface area contributed by atoms with Gasteiger partial charge in [-0.25, -0.2) is 4.39 Å². The van der Waals surface area contributed by atoms with Gasteiger partial charge < -0.3 is 10.2 Å². The number of carbonyl (C=O) groups is 2. The van der Waals surface area contributed by atoms with Crippen molar-refractivity contribution in [3.63, 3.8) is 0 Å². The maximum atomic E-state index is 13.7. The van der Waals surface area contributed by atoms with Crippen molar-refractivity contribution in [3.05, 3.63) is 0 Å². The molecule has 0 aromatic heterocycles. The lowest BCUT2D eigenvalue weighted by atomic mass is 9.68. The van der Waals surface area contributed by atoms with Gasteiger partial charge in [-0.15, -0.1) is 11.8 Å². The molecule has 2 heterocycles. The first-order valence-electron chi connectivity index (χ1n) is 9.16. The zero-order valence-corrected chi connectivity index (χ0v) is 14.9. The van der Waals surface area contributed by atoms with Gasteiger partial charge in [-0.3, -0.25) is 14.9 Å². The third-order valence-electron chi connectivity index (χ3n) is 6.30. The number of nitrogens with one attached hydrogen (secondary N) is 2. The van der Waals surface area contributed by atoms with Crippen LogP contribution in [-0.4, -0.2) is 52.3 Å². The summed E-state index contributed by atoms with van der Waals surface area (Å²) in [6.45, 7) is 2.19. The zero-order chi connectivity index (χ0) is 16.8. The van der Waals surface area contributed by atoms with E-state index in [1.807, 2.05) is 0 Å². The van der Waals surface area contributed by atoms with E-state index >= 15 is 0 Å². The van der Waals surface area contributed by atoms with E-state index < -0.39 is 6.17 Å². The summed E-state index contributed by atoms with van der Waals surface area (Å²) in [7, 11) is 0. The van der Waals surface area contributed by atoms with Gasteiger partial charge in [0.1, 0.15) is 17.7 Å². The molecule has 2 amide bonds. The van der Waals surface area contributed by atoms with E-state index in [1.54, 1.807) is 16.7 Å². The number of rotatable bonds is 2. The standard InChI is InChI=1S/C17H26FN3O2S/c1-9(22)21-7-6-14(21)16(23)20-17-19-13-5-2-10-8-11(18)3-4-12(10)15(13)24-17/h10-15,17,19H,2-8H2,1H3,(H,20,23)/t10?,11?,12?,13?,14-,15?,17?/m1/s1. The number of thioether (sulfide) groups is 1. The monoisotopic (exact) mass is 355 g/mol. The van der Waals surface area contributed by atoms with Gasteiger partial charge in [0.25, 0.3) is 0 Å². The van der Waals surface area contributed by atoms with Crippen molar-refractivity contribution in [2.45, 2.75) is 74.5 Å². The van der Waals surface area contributed by atoms with Gasteiger partial charge in [0, 0.05) is 24.8 Å². The van der Waals surface area contributed by atoms with E-state index in [-0.39, 0.29) is 23.4 Å². The molecule has 7 atom stereocenters. The fourth-order valence-corrected chi connectivity index (χ4v) is 6.67. The van der Waals surface area contributed by atoms with Crippen molar-refractivity contribution in [3.8, 4) is 0 Å². The van der Waals surface area contributed by atoms with Gasteiger partial charge in [0.05, 0.1) is 0 Å². The highest BCUT2D eigenvalue weighted by atomic mass is 32.2. The molecule has 4 aliphatic rings. The number of likely N-dealkylation sites (tertiary alicyclic amines) is 1. The molecule has 2 saturated carbocycles. The highest BCUT2D eigenvalue weighted by Crippen LogP contribution is 2.48. The van der Waals surface area contributed by atoms with Crippen LogP contribution in [-0.2, 0) is 9.59 Å². The lowest BCUT2D eigenvalue weighted by Crippen LogP contribution is -2.59. The average Bonchev–Trinajstić information content (AvgIpc) is 2.87. The molecule has 0 aromatic carbocycles. The molecule has 5 nitrogen and oxygen atoms in total. The number of fused-ring (bicyclic) bond motifs is 3. The van der Waals surface area contributed by atoms with E-state index in [4.69, 9.17) is 0 Å². The Morgan fingerprint density at radius 2 is 2.04 bits per heavy atom. The number of alkyl halides is 1. The van der Waals surface area contributed by atoms with E-state index in [1.165, 1.54) is 6.92 Å². The Kier molecular flexibility index (Phi) is 4.49. The average molecular weight is 355 g/mol. The van der Waals surface area contributed by atoms with Gasteiger partial charge in [-0.2, -0.15) is 0 Å². The second-order valence-corrected chi connectivity index (χ2v) is 8.98. The molecule has 2 saturated heterocycles. The van der Waals surface area contributed by atoms with Crippen molar-refractivity contribution in [1.29, 1.82) is 0 Å². The van der Waals surface area contributed by atoms with Crippen LogP contribution in [0.25, 0.3) is 0 Å². The predicted octanol–water partition coefficient (Wildman–Crippen LogP) is 1.63. The zero-order valence-electron chi connectivity index (χ0n) is 14.0. The molecule has 2 aliphatic carbocycles. The molecular formula is C17H26FN3O2S. The lowest BCUT2D eigenvalue weighted by Gasteiger charge is -2.42. The van der Waals surface area contributed by atoms with Crippen molar-refractivity contribution >= 4 is 23.6 Å². The summed E-state index contributed by atoms with van der Waals surface area (Å²) >= 11 is 1.80. The molecule has 2 N–H and O–H groups in total. The minimum absolute atomic E-state index is 0.0343. The summed E-state index contributed by atoms with van der Waals surface area (Å²) in [5, 5.41) is 7.10. The van der Waals surface area contributed by atoms with Crippen LogP contribution in [0.1, 0.15) is 45.4 Å². The SMILES string of the molecule is CC(=O)N1CC[C@@H]1C(=O)NC1NC2CCC3CC(F)CCC3C2S1. The number of hydrogen-bond acceptors (Lipinski definition) is 4. The Morgan fingerprint density at radius 1 is 1.21 bits per heavy atom. The molecule has 4 fully saturated rings. The smallest absolute Gasteiger partial charge is 0.244 e. The summed E-state index contributed by atoms with van der Waals surface area (Å²) < 4.78 is 13.7. The number of halogens is 1. The normalized spacial score (nSPS) is 44.2. The first kappa shape index (κ1) is 16.6. The van der Waals surface area contributed by atoms with Crippen LogP contribution in [0.15, 0.2) is 0 Å². The summed E-state index contributed by atoms with van der Waals surface area (Å²) in [5.41, 5.74) is -0.0799. The fraction of sp³-hybridized carbons (Fsp3) is 0.882. The summed E-state index contributed by atoms with van der Waals surface area (Å²) in [6.07, 6.45) is 4.69. The molecule has 4 rings (SSSR count). The Balaban J connectivity index is 1.35. The Hall–Kier alpha value is -0.820. The maximum Gasteiger partial charge on any atom is 0.244 e. The van der Waals surface area contributed by atoms with E-state index in [0.717, 1.165) is 32.1 Å². The van der Waals surface area contributed by atoms with Crippen LogP contribution in [0.3, 0.4) is 0 Å². The third kappa shape index (κ3) is 2.94. The highest BCUT2D eigenvalue weighted by molar-refractivity contribution is 8.00. The molecule has 0 radical (unpaired) electrons. The van der Waals surface area contributed by atoms with E-state index in [2.05, 4.69) is 10.6 Å². The molecule has 6 unspecified atom stereocenters. The predicted molar refractivity (Wildman–Crippen MR) is 91.0 cm³/mol. The minimum atomic E-state index is -0.617. The van der Waals surface area contributed by atoms with Crippen molar-refractivity contribution < 1.29 is 14.0 Å². The number of nitrogens with zero attached hydrogens (tertiary/aromatic N) is 1. The van der Waals surface area contributed by atoms with Gasteiger partial charge in [-0.05, 0) is 50.4 Å². The van der Waals surface area contributed by atoms with Crippen LogP contribution in [0.2, 0.25) is 0 Å². The van der Waals surface area contributed by atoms with Crippen LogP contribution < -0.4 is 10.6 Å². The first-order chi connectivity index (χ1) is 11.5. The van der Waals surface area contributed by atoms with Crippen LogP contribution in [0.4, 0.5) is 4.39 Å². The van der Waals surface area contributed by atoms with Crippen LogP contribution in [0, 0.1) is 11.8 Å². The number of amides is 2. The van der Waals surface area contributed by atoms with Gasteiger partial charge in [-0.1, -0.05) is 0 Å². The summed E-state index contributed by atoms with van der Waals surface area (Å²) in [6, 6.07) is 0.116. The molecule has 134 valence electrons. The Labute approximate surface area is 146 Å². The molecule has 7 heteroatoms. The molecule has 2 aliphatic heterocycles. The molecule has 0 spiro atoms. The maximum absolute atomic E-state index is 13.7. The largest absolute Gasteiger partial charge is 0.331 e. The van der Waals surface area contributed by atoms with Crippen molar-refractivity contribution in [1.82, 2.24) is 15.5 Å². The van der Waals surface area contributed by atoms with Gasteiger partial charge in [0.15, 0.2) is 0 Å². The van der Waals surface area contributed by atoms with Crippen LogP contribution >= 0.6 is 11.8 Å². The molecule has 0 aromatic rings. The topological polar surface area (TPSA) is 61.4 Å². The summed E-state index contributed by atoms with van der Waals surface area (Å²) in [5.74, 6) is 1.00. The Bertz CT molecular complexity index is 534. The van der Waals surface area contributed by atoms with E-state index in [0.29, 0.717) is 36.1 Å². The molecule has 24 heavy (non-hydrogen) atoms. The third-order valence-corrected chi connectivity index (χ3v) is 7.82. The Morgan fingerprint density at radius 3 is 2.75 bits per heavy atom. The fourth-order valence-electron chi connectivity index (χ4n) is 4.95. The second kappa shape index (κ2) is 6.48. The molecular weight excluding hydrogens is 329 g/mol. The van der Waals surface area contributed by atoms with Crippen LogP contribution in [0.5, 0.6) is 0 Å². The van der Waals surface area contributed by atoms with Crippen molar-refractivity contribution in [2.24, 2.45) is 11.8 Å². The quantitative estimate of drug-likeness (QED) is 0.790. The van der Waals surface area contributed by atoms with Crippen molar-refractivity contribution in [2.75, 3.05) is 6.54 Å². The second-order valence-electron chi connectivity index (χ2n) is 7.69. The van der Waals surface area contributed by atoms with Gasteiger partial charge in [0.2, 0.25) is 11.8 Å². The van der Waals surface area contributed by atoms with E-state index in [9.17, 15) is 14.0 Å². The first-order valence-corrected chi connectivity index (χ1v) is 10.1.